The van der Waals surface area contributed by atoms with E-state index in [2.05, 4.69) is 22.1 Å². The number of likely N-dealkylation sites (tertiary alicyclic amines) is 1. The molecule has 0 spiro atoms. The number of nitrogens with two attached hydrogens (primary N) is 1. The average Bonchev–Trinajstić information content (AvgIpc) is 2.91. The number of guanidine groups is 1. The van der Waals surface area contributed by atoms with Gasteiger partial charge in [0.25, 0.3) is 0 Å². The second-order valence-corrected chi connectivity index (χ2v) is 5.61. The van der Waals surface area contributed by atoms with E-state index in [-0.39, 0.29) is 24.0 Å². The van der Waals surface area contributed by atoms with Gasteiger partial charge in [-0.3, -0.25) is 9.89 Å². The van der Waals surface area contributed by atoms with Gasteiger partial charge in [-0.25, -0.2) is 8.78 Å². The van der Waals surface area contributed by atoms with Crippen molar-refractivity contribution in [3.63, 3.8) is 0 Å². The summed E-state index contributed by atoms with van der Waals surface area (Å²) < 4.78 is 26.1. The third-order valence-corrected chi connectivity index (χ3v) is 4.02. The molecule has 1 unspecified atom stereocenters. The summed E-state index contributed by atoms with van der Waals surface area (Å²) in [6.45, 7) is 5.53. The molecule has 1 aromatic rings. The molecule has 1 saturated heterocycles. The predicted molar refractivity (Wildman–Crippen MR) is 100 cm³/mol. The van der Waals surface area contributed by atoms with Crippen LogP contribution < -0.4 is 11.1 Å². The van der Waals surface area contributed by atoms with Crippen molar-refractivity contribution in [2.24, 2.45) is 10.7 Å². The average molecular weight is 438 g/mol. The van der Waals surface area contributed by atoms with Crippen LogP contribution in [0.3, 0.4) is 0 Å². The highest BCUT2D eigenvalue weighted by Gasteiger charge is 2.22. The molecule has 3 N–H and O–H groups in total. The number of halogens is 3. The SMILES string of the molecule is CCN1CCCC1CN=C(N)NCCc1cc(F)cc(F)c1.I. The van der Waals surface area contributed by atoms with E-state index in [0.717, 1.165) is 25.6 Å². The molecule has 1 heterocycles. The van der Waals surface area contributed by atoms with Crippen LogP contribution in [-0.4, -0.2) is 43.1 Å². The summed E-state index contributed by atoms with van der Waals surface area (Å²) in [7, 11) is 0. The molecule has 1 aliphatic rings. The van der Waals surface area contributed by atoms with Crippen LogP contribution in [-0.2, 0) is 6.42 Å². The minimum absolute atomic E-state index is 0. The van der Waals surface area contributed by atoms with Crippen molar-refractivity contribution in [3.8, 4) is 0 Å². The van der Waals surface area contributed by atoms with Gasteiger partial charge in [0.05, 0.1) is 6.54 Å². The Morgan fingerprint density at radius 3 is 2.70 bits per heavy atom. The summed E-state index contributed by atoms with van der Waals surface area (Å²) in [6, 6.07) is 4.00. The van der Waals surface area contributed by atoms with Gasteiger partial charge >= 0.3 is 0 Å². The van der Waals surface area contributed by atoms with Gasteiger partial charge in [0.2, 0.25) is 0 Å². The van der Waals surface area contributed by atoms with E-state index in [1.807, 2.05) is 0 Å². The van der Waals surface area contributed by atoms with E-state index in [1.165, 1.54) is 18.6 Å². The van der Waals surface area contributed by atoms with Crippen LogP contribution in [0.5, 0.6) is 0 Å². The highest BCUT2D eigenvalue weighted by Crippen LogP contribution is 2.16. The fourth-order valence-corrected chi connectivity index (χ4v) is 2.87. The lowest BCUT2D eigenvalue weighted by Gasteiger charge is -2.20. The van der Waals surface area contributed by atoms with Crippen LogP contribution in [0.1, 0.15) is 25.3 Å². The predicted octanol–water partition coefficient (Wildman–Crippen LogP) is 2.51. The Kier molecular flexibility index (Phi) is 8.75. The van der Waals surface area contributed by atoms with Gasteiger partial charge in [-0.05, 0) is 50.0 Å². The first kappa shape index (κ1) is 20.1. The Labute approximate surface area is 153 Å². The van der Waals surface area contributed by atoms with Crippen LogP contribution in [0.4, 0.5) is 8.78 Å². The molecule has 0 saturated carbocycles. The van der Waals surface area contributed by atoms with Gasteiger partial charge in [0.15, 0.2) is 5.96 Å². The lowest BCUT2D eigenvalue weighted by atomic mass is 10.1. The van der Waals surface area contributed by atoms with Gasteiger partial charge in [0.1, 0.15) is 11.6 Å². The van der Waals surface area contributed by atoms with Crippen molar-refractivity contribution in [1.82, 2.24) is 10.2 Å². The molecule has 0 bridgehead atoms. The molecule has 0 amide bonds. The van der Waals surface area contributed by atoms with Crippen molar-refractivity contribution >= 4 is 29.9 Å². The maximum absolute atomic E-state index is 13.1. The zero-order valence-corrected chi connectivity index (χ0v) is 15.7. The van der Waals surface area contributed by atoms with Crippen molar-refractivity contribution in [2.75, 3.05) is 26.2 Å². The molecule has 2 rings (SSSR count). The summed E-state index contributed by atoms with van der Waals surface area (Å²) >= 11 is 0. The zero-order chi connectivity index (χ0) is 15.9. The Bertz CT molecular complexity index is 505. The van der Waals surface area contributed by atoms with E-state index >= 15 is 0 Å². The highest BCUT2D eigenvalue weighted by atomic mass is 127. The first-order chi connectivity index (χ1) is 10.6. The number of benzene rings is 1. The fourth-order valence-electron chi connectivity index (χ4n) is 2.87. The van der Waals surface area contributed by atoms with Gasteiger partial charge in [0, 0.05) is 18.7 Å². The lowest BCUT2D eigenvalue weighted by molar-refractivity contribution is 0.273. The Morgan fingerprint density at radius 2 is 2.04 bits per heavy atom. The number of aliphatic imine (C=N–C) groups is 1. The normalized spacial score (nSPS) is 18.7. The molecule has 23 heavy (non-hydrogen) atoms. The fraction of sp³-hybridized carbons (Fsp3) is 0.562. The number of nitrogens with zero attached hydrogens (tertiary/aromatic N) is 2. The molecule has 1 aliphatic heterocycles. The molecule has 1 fully saturated rings. The molecular weight excluding hydrogens is 413 g/mol. The molecular formula is C16H25F2IN4. The summed E-state index contributed by atoms with van der Waals surface area (Å²) in [5.41, 5.74) is 6.44. The van der Waals surface area contributed by atoms with Crippen LogP contribution in [0, 0.1) is 11.6 Å². The first-order valence-electron chi connectivity index (χ1n) is 7.81. The highest BCUT2D eigenvalue weighted by molar-refractivity contribution is 14.0. The van der Waals surface area contributed by atoms with Gasteiger partial charge in [-0.2, -0.15) is 0 Å². The molecule has 0 aromatic heterocycles. The quantitative estimate of drug-likeness (QED) is 0.408. The maximum atomic E-state index is 13.1. The maximum Gasteiger partial charge on any atom is 0.188 e. The van der Waals surface area contributed by atoms with Crippen LogP contribution in [0.15, 0.2) is 23.2 Å². The second-order valence-electron chi connectivity index (χ2n) is 5.61. The monoisotopic (exact) mass is 438 g/mol. The van der Waals surface area contributed by atoms with Crippen LogP contribution in [0.2, 0.25) is 0 Å². The standard InChI is InChI=1S/C16H24F2N4.HI/c1-2-22-7-3-4-15(22)11-21-16(19)20-6-5-12-8-13(17)10-14(18)9-12;/h8-10,15H,2-7,11H2,1H3,(H3,19,20,21);1H. The van der Waals surface area contributed by atoms with Crippen LogP contribution >= 0.6 is 24.0 Å². The minimum atomic E-state index is -0.558. The van der Waals surface area contributed by atoms with Gasteiger partial charge in [-0.15, -0.1) is 24.0 Å². The molecule has 1 aromatic carbocycles. The van der Waals surface area contributed by atoms with Crippen molar-refractivity contribution in [1.29, 1.82) is 0 Å². The summed E-state index contributed by atoms with van der Waals surface area (Å²) in [6.07, 6.45) is 2.87. The number of hydrogen-bond acceptors (Lipinski definition) is 2. The number of rotatable bonds is 6. The van der Waals surface area contributed by atoms with Gasteiger partial charge < -0.3 is 11.1 Å². The summed E-state index contributed by atoms with van der Waals surface area (Å²) in [5, 5.41) is 2.99. The molecule has 0 aliphatic carbocycles. The number of hydrogen-bond donors (Lipinski definition) is 2. The zero-order valence-electron chi connectivity index (χ0n) is 13.4. The summed E-state index contributed by atoms with van der Waals surface area (Å²) in [5.74, 6) is -0.727. The third-order valence-electron chi connectivity index (χ3n) is 4.02. The van der Waals surface area contributed by atoms with Crippen molar-refractivity contribution < 1.29 is 8.78 Å². The van der Waals surface area contributed by atoms with E-state index in [9.17, 15) is 8.78 Å². The topological polar surface area (TPSA) is 53.6 Å². The molecule has 130 valence electrons. The number of nitrogens with one attached hydrogen (secondary N) is 1. The van der Waals surface area contributed by atoms with Crippen molar-refractivity contribution in [3.05, 3.63) is 35.4 Å². The Hall–Kier alpha value is -0.960. The number of likely N-dealkylation sites (N-methyl/N-ethyl adjacent to an activating group) is 1. The lowest BCUT2D eigenvalue weighted by Crippen LogP contribution is -2.36. The first-order valence-corrected chi connectivity index (χ1v) is 7.81. The Morgan fingerprint density at radius 1 is 1.35 bits per heavy atom. The molecule has 7 heteroatoms. The van der Waals surface area contributed by atoms with Gasteiger partial charge in [-0.1, -0.05) is 6.92 Å². The van der Waals surface area contributed by atoms with Crippen molar-refractivity contribution in [2.45, 2.75) is 32.2 Å². The molecule has 0 radical (unpaired) electrons. The van der Waals surface area contributed by atoms with E-state index in [1.54, 1.807) is 0 Å². The van der Waals surface area contributed by atoms with E-state index in [0.29, 0.717) is 37.1 Å². The third kappa shape index (κ3) is 6.58. The van der Waals surface area contributed by atoms with Crippen LogP contribution in [0.25, 0.3) is 0 Å². The second kappa shape index (κ2) is 10.0. The van der Waals surface area contributed by atoms with E-state index < -0.39 is 11.6 Å². The Balaban J connectivity index is 0.00000264. The largest absolute Gasteiger partial charge is 0.370 e. The minimum Gasteiger partial charge on any atom is -0.370 e. The molecule has 4 nitrogen and oxygen atoms in total. The smallest absolute Gasteiger partial charge is 0.188 e. The molecule has 1 atom stereocenters. The van der Waals surface area contributed by atoms with E-state index in [4.69, 9.17) is 5.73 Å². The summed E-state index contributed by atoms with van der Waals surface area (Å²) in [4.78, 5) is 6.77.